The van der Waals surface area contributed by atoms with E-state index in [-0.39, 0.29) is 18.0 Å². The van der Waals surface area contributed by atoms with Crippen molar-refractivity contribution in [3.8, 4) is 5.75 Å². The number of rotatable bonds is 6. The Kier molecular flexibility index (Phi) is 4.91. The largest absolute Gasteiger partial charge is 0.492 e. The summed E-state index contributed by atoms with van der Waals surface area (Å²) in [6.45, 7) is 1.98. The number of imidazole rings is 1. The lowest BCUT2D eigenvalue weighted by molar-refractivity contribution is -0.123. The van der Waals surface area contributed by atoms with Crippen molar-refractivity contribution < 1.29 is 9.53 Å². The molecule has 0 spiro atoms. The number of thioether (sulfide) groups is 1. The van der Waals surface area contributed by atoms with Crippen LogP contribution in [0, 0.1) is 0 Å². The molecule has 8 heteroatoms. The SMILES string of the molecule is O=C(NCc1cn2c(n1)SCC2)C1CC(COc2ccccc2)NN1. The van der Waals surface area contributed by atoms with Crippen LogP contribution >= 0.6 is 11.8 Å². The molecule has 1 saturated heterocycles. The third kappa shape index (κ3) is 3.97. The van der Waals surface area contributed by atoms with Gasteiger partial charge in [0.25, 0.3) is 0 Å². The third-order valence-corrected chi connectivity index (χ3v) is 5.26. The quantitative estimate of drug-likeness (QED) is 0.712. The van der Waals surface area contributed by atoms with Gasteiger partial charge >= 0.3 is 0 Å². The number of nitrogens with one attached hydrogen (secondary N) is 3. The van der Waals surface area contributed by atoms with E-state index in [1.165, 1.54) is 0 Å². The molecule has 4 rings (SSSR count). The number of hydrogen-bond donors (Lipinski definition) is 3. The summed E-state index contributed by atoms with van der Waals surface area (Å²) < 4.78 is 7.87. The van der Waals surface area contributed by atoms with Crippen molar-refractivity contribution in [1.29, 1.82) is 0 Å². The Morgan fingerprint density at radius 2 is 2.24 bits per heavy atom. The number of fused-ring (bicyclic) bond motifs is 1. The van der Waals surface area contributed by atoms with Gasteiger partial charge in [-0.2, -0.15) is 0 Å². The molecule has 7 nitrogen and oxygen atoms in total. The molecule has 2 atom stereocenters. The predicted octanol–water partition coefficient (Wildman–Crippen LogP) is 0.919. The van der Waals surface area contributed by atoms with E-state index in [2.05, 4.69) is 25.7 Å². The molecule has 0 aliphatic carbocycles. The number of para-hydroxylation sites is 1. The molecule has 0 bridgehead atoms. The van der Waals surface area contributed by atoms with Crippen molar-refractivity contribution in [2.24, 2.45) is 0 Å². The lowest BCUT2D eigenvalue weighted by Gasteiger charge is -2.11. The number of aryl methyl sites for hydroxylation is 1. The van der Waals surface area contributed by atoms with Crippen molar-refractivity contribution in [2.45, 2.75) is 36.8 Å². The minimum Gasteiger partial charge on any atom is -0.492 e. The summed E-state index contributed by atoms with van der Waals surface area (Å²) in [6.07, 6.45) is 2.71. The maximum atomic E-state index is 12.3. The van der Waals surface area contributed by atoms with E-state index >= 15 is 0 Å². The van der Waals surface area contributed by atoms with E-state index in [1.807, 2.05) is 36.5 Å². The zero-order valence-corrected chi connectivity index (χ0v) is 14.6. The van der Waals surface area contributed by atoms with E-state index in [4.69, 9.17) is 4.74 Å². The zero-order chi connectivity index (χ0) is 17.1. The first-order valence-electron chi connectivity index (χ1n) is 8.43. The highest BCUT2D eigenvalue weighted by atomic mass is 32.2. The molecule has 132 valence electrons. The first-order valence-corrected chi connectivity index (χ1v) is 9.42. The van der Waals surface area contributed by atoms with Crippen LogP contribution in [0.5, 0.6) is 5.75 Å². The molecule has 1 fully saturated rings. The van der Waals surface area contributed by atoms with Crippen LogP contribution in [0.3, 0.4) is 0 Å². The maximum Gasteiger partial charge on any atom is 0.238 e. The molecule has 25 heavy (non-hydrogen) atoms. The van der Waals surface area contributed by atoms with Crippen LogP contribution in [-0.4, -0.2) is 39.9 Å². The van der Waals surface area contributed by atoms with Crippen molar-refractivity contribution in [2.75, 3.05) is 12.4 Å². The van der Waals surface area contributed by atoms with Crippen molar-refractivity contribution >= 4 is 17.7 Å². The normalized spacial score (nSPS) is 21.9. The molecule has 1 aromatic carbocycles. The molecule has 2 unspecified atom stereocenters. The second-order valence-electron chi connectivity index (χ2n) is 6.17. The lowest BCUT2D eigenvalue weighted by atomic mass is 10.1. The number of ether oxygens (including phenoxy) is 1. The Hall–Kier alpha value is -2.03. The predicted molar refractivity (Wildman–Crippen MR) is 95.2 cm³/mol. The van der Waals surface area contributed by atoms with Crippen LogP contribution < -0.4 is 20.9 Å². The van der Waals surface area contributed by atoms with Gasteiger partial charge in [-0.05, 0) is 18.6 Å². The molecule has 2 aromatic rings. The Morgan fingerprint density at radius 1 is 1.36 bits per heavy atom. The molecule has 1 aromatic heterocycles. The number of aromatic nitrogens is 2. The van der Waals surface area contributed by atoms with E-state index in [9.17, 15) is 4.79 Å². The number of benzene rings is 1. The number of hydrazine groups is 1. The Labute approximate surface area is 150 Å². The minimum atomic E-state index is -0.256. The second-order valence-corrected chi connectivity index (χ2v) is 7.23. The summed E-state index contributed by atoms with van der Waals surface area (Å²) in [4.78, 5) is 16.8. The highest BCUT2D eigenvalue weighted by molar-refractivity contribution is 7.99. The first kappa shape index (κ1) is 16.4. The molecule has 2 aliphatic heterocycles. The van der Waals surface area contributed by atoms with Gasteiger partial charge < -0.3 is 14.6 Å². The summed E-state index contributed by atoms with van der Waals surface area (Å²) in [6, 6.07) is 9.53. The Morgan fingerprint density at radius 3 is 3.08 bits per heavy atom. The van der Waals surface area contributed by atoms with Crippen LogP contribution in [0.4, 0.5) is 0 Å². The monoisotopic (exact) mass is 359 g/mol. The second kappa shape index (κ2) is 7.47. The highest BCUT2D eigenvalue weighted by Crippen LogP contribution is 2.24. The fourth-order valence-corrected chi connectivity index (χ4v) is 3.93. The standard InChI is InChI=1S/C17H21N5O2S/c23-16(18-9-13-10-22-6-7-25-17(22)19-13)15-8-12(20-21-15)11-24-14-4-2-1-3-5-14/h1-5,10,12,15,20-21H,6-9,11H2,(H,18,23). The summed E-state index contributed by atoms with van der Waals surface area (Å²) >= 11 is 1.76. The maximum absolute atomic E-state index is 12.3. The number of hydrogen-bond acceptors (Lipinski definition) is 6. The highest BCUT2D eigenvalue weighted by Gasteiger charge is 2.29. The van der Waals surface area contributed by atoms with Crippen LogP contribution in [0.2, 0.25) is 0 Å². The number of nitrogens with zero attached hydrogens (tertiary/aromatic N) is 2. The minimum absolute atomic E-state index is 0.0180. The van der Waals surface area contributed by atoms with Crippen LogP contribution in [0.1, 0.15) is 12.1 Å². The molecule has 0 saturated carbocycles. The van der Waals surface area contributed by atoms with Crippen LogP contribution in [0.15, 0.2) is 41.7 Å². The van der Waals surface area contributed by atoms with Gasteiger partial charge in [0.1, 0.15) is 18.4 Å². The Bertz CT molecular complexity index is 714. The molecule has 1 amide bonds. The van der Waals surface area contributed by atoms with Crippen molar-refractivity contribution in [3.05, 3.63) is 42.2 Å². The lowest BCUT2D eigenvalue weighted by Crippen LogP contribution is -2.43. The van der Waals surface area contributed by atoms with Crippen LogP contribution in [-0.2, 0) is 17.9 Å². The molecule has 3 heterocycles. The average Bonchev–Trinajstić information content (AvgIpc) is 3.34. The van der Waals surface area contributed by atoms with Gasteiger partial charge in [-0.25, -0.2) is 10.4 Å². The van der Waals surface area contributed by atoms with Gasteiger partial charge in [0.15, 0.2) is 5.16 Å². The topological polar surface area (TPSA) is 80.2 Å². The van der Waals surface area contributed by atoms with E-state index in [1.54, 1.807) is 11.8 Å². The number of amides is 1. The molecule has 0 radical (unpaired) electrons. The molecule has 3 N–H and O–H groups in total. The van der Waals surface area contributed by atoms with E-state index < -0.39 is 0 Å². The average molecular weight is 359 g/mol. The summed E-state index contributed by atoms with van der Waals surface area (Å²) in [5.74, 6) is 1.90. The van der Waals surface area contributed by atoms with Crippen molar-refractivity contribution in [3.63, 3.8) is 0 Å². The molecule has 2 aliphatic rings. The molecular formula is C17H21N5O2S. The van der Waals surface area contributed by atoms with Gasteiger partial charge in [-0.1, -0.05) is 30.0 Å². The van der Waals surface area contributed by atoms with Crippen molar-refractivity contribution in [1.82, 2.24) is 25.7 Å². The van der Waals surface area contributed by atoms with Gasteiger partial charge in [0.2, 0.25) is 5.91 Å². The number of carbonyl (C=O) groups is 1. The van der Waals surface area contributed by atoms with Gasteiger partial charge in [-0.15, -0.1) is 0 Å². The summed E-state index contributed by atoms with van der Waals surface area (Å²) in [7, 11) is 0. The summed E-state index contributed by atoms with van der Waals surface area (Å²) in [5, 5.41) is 4.00. The van der Waals surface area contributed by atoms with Gasteiger partial charge in [0.05, 0.1) is 18.3 Å². The fourth-order valence-electron chi connectivity index (χ4n) is 2.96. The molecular weight excluding hydrogens is 338 g/mol. The zero-order valence-electron chi connectivity index (χ0n) is 13.8. The Balaban J connectivity index is 1.21. The fraction of sp³-hybridized carbons (Fsp3) is 0.412. The van der Waals surface area contributed by atoms with Crippen LogP contribution in [0.25, 0.3) is 0 Å². The smallest absolute Gasteiger partial charge is 0.238 e. The number of carbonyl (C=O) groups excluding carboxylic acids is 1. The van der Waals surface area contributed by atoms with Gasteiger partial charge in [-0.3, -0.25) is 10.2 Å². The van der Waals surface area contributed by atoms with Gasteiger partial charge in [0, 0.05) is 18.5 Å². The first-order chi connectivity index (χ1) is 12.3. The van der Waals surface area contributed by atoms with E-state index in [0.29, 0.717) is 19.6 Å². The summed E-state index contributed by atoms with van der Waals surface area (Å²) in [5.41, 5.74) is 7.08. The third-order valence-electron chi connectivity index (χ3n) is 4.29. The van der Waals surface area contributed by atoms with E-state index in [0.717, 1.165) is 28.9 Å².